The lowest BCUT2D eigenvalue weighted by Gasteiger charge is -2.20. The van der Waals surface area contributed by atoms with Crippen molar-refractivity contribution in [1.29, 1.82) is 0 Å². The molecular weight excluding hydrogens is 326 g/mol. The lowest BCUT2D eigenvalue weighted by atomic mass is 9.86. The maximum atomic E-state index is 12.3. The van der Waals surface area contributed by atoms with Crippen molar-refractivity contribution in [1.82, 2.24) is 9.13 Å². The summed E-state index contributed by atoms with van der Waals surface area (Å²) in [5, 5.41) is 0. The van der Waals surface area contributed by atoms with Crippen LogP contribution in [0.3, 0.4) is 0 Å². The minimum Gasteiger partial charge on any atom is -0.457 e. The number of anilines is 1. The number of Topliss-reactive ketones (excluding diaryl/α,β-unsaturated/α-hetero) is 1. The number of nitrogens with two attached hydrogens (primary N) is 1. The van der Waals surface area contributed by atoms with E-state index >= 15 is 0 Å². The van der Waals surface area contributed by atoms with Crippen molar-refractivity contribution in [3.8, 4) is 0 Å². The smallest absolute Gasteiger partial charge is 0.332 e. The molecule has 2 aliphatic carbocycles. The van der Waals surface area contributed by atoms with Crippen LogP contribution in [0.2, 0.25) is 0 Å². The van der Waals surface area contributed by atoms with Gasteiger partial charge in [-0.25, -0.2) is 4.79 Å². The first-order valence-electron chi connectivity index (χ1n) is 8.54. The zero-order chi connectivity index (χ0) is 18.3. The third-order valence-corrected chi connectivity index (χ3v) is 5.67. The molecule has 1 aromatic heterocycles. The number of nitrogens with zero attached hydrogens (tertiary/aromatic N) is 2. The van der Waals surface area contributed by atoms with E-state index in [1.54, 1.807) is 0 Å². The van der Waals surface area contributed by atoms with Crippen molar-refractivity contribution >= 4 is 17.6 Å². The summed E-state index contributed by atoms with van der Waals surface area (Å²) in [6.45, 7) is -0.544. The number of carbonyl (C=O) groups excluding carboxylic acids is 2. The van der Waals surface area contributed by atoms with E-state index in [0.717, 1.165) is 21.5 Å². The number of nitrogen functional groups attached to an aromatic ring is 1. The Kier molecular flexibility index (Phi) is 4.53. The van der Waals surface area contributed by atoms with Gasteiger partial charge in [-0.15, -0.1) is 0 Å². The number of ether oxygens (including phenoxy) is 1. The van der Waals surface area contributed by atoms with Gasteiger partial charge in [0.2, 0.25) is 5.78 Å². The molecule has 25 heavy (non-hydrogen) atoms. The maximum absolute atomic E-state index is 12.3. The predicted molar refractivity (Wildman–Crippen MR) is 90.2 cm³/mol. The zero-order valence-corrected chi connectivity index (χ0v) is 14.5. The molecule has 3 atom stereocenters. The molecule has 1 heterocycles. The van der Waals surface area contributed by atoms with E-state index in [0.29, 0.717) is 18.3 Å². The fourth-order valence-electron chi connectivity index (χ4n) is 4.24. The SMILES string of the molecule is Cn1c(N)c(C(=O)COC(=O)C[C@H]2C[C@@H]3CC[C@@H]2C3)c(=O)n(C)c1=O. The van der Waals surface area contributed by atoms with E-state index in [4.69, 9.17) is 10.5 Å². The molecule has 0 aromatic carbocycles. The van der Waals surface area contributed by atoms with Crippen LogP contribution in [0.4, 0.5) is 5.82 Å². The average molecular weight is 349 g/mol. The van der Waals surface area contributed by atoms with Gasteiger partial charge in [-0.3, -0.25) is 23.5 Å². The fraction of sp³-hybridized carbons (Fsp3) is 0.647. The highest BCUT2D eigenvalue weighted by molar-refractivity contribution is 6.01. The van der Waals surface area contributed by atoms with E-state index in [1.807, 2.05) is 0 Å². The van der Waals surface area contributed by atoms with E-state index in [2.05, 4.69) is 0 Å². The first-order valence-corrected chi connectivity index (χ1v) is 8.54. The molecule has 1 aromatic rings. The van der Waals surface area contributed by atoms with E-state index in [1.165, 1.54) is 33.4 Å². The van der Waals surface area contributed by atoms with Crippen LogP contribution in [0, 0.1) is 17.8 Å². The second-order valence-electron chi connectivity index (χ2n) is 7.19. The lowest BCUT2D eigenvalue weighted by molar-refractivity contribution is -0.144. The van der Waals surface area contributed by atoms with Crippen molar-refractivity contribution in [3.05, 3.63) is 26.4 Å². The van der Waals surface area contributed by atoms with Gasteiger partial charge in [-0.05, 0) is 37.0 Å². The topological polar surface area (TPSA) is 113 Å². The third kappa shape index (κ3) is 3.12. The largest absolute Gasteiger partial charge is 0.457 e. The summed E-state index contributed by atoms with van der Waals surface area (Å²) in [7, 11) is 2.64. The lowest BCUT2D eigenvalue weighted by Crippen LogP contribution is -2.42. The fourth-order valence-corrected chi connectivity index (χ4v) is 4.24. The second-order valence-corrected chi connectivity index (χ2v) is 7.19. The van der Waals surface area contributed by atoms with Gasteiger partial charge in [0, 0.05) is 20.5 Å². The van der Waals surface area contributed by atoms with Gasteiger partial charge in [0.15, 0.2) is 6.61 Å². The molecule has 136 valence electrons. The number of ketones is 1. The van der Waals surface area contributed by atoms with Crippen molar-refractivity contribution in [2.45, 2.75) is 32.1 Å². The third-order valence-electron chi connectivity index (χ3n) is 5.67. The number of hydrogen-bond donors (Lipinski definition) is 1. The molecule has 0 unspecified atom stereocenters. The highest BCUT2D eigenvalue weighted by atomic mass is 16.5. The van der Waals surface area contributed by atoms with Gasteiger partial charge >= 0.3 is 11.7 Å². The Morgan fingerprint density at radius 3 is 2.48 bits per heavy atom. The molecule has 8 nitrogen and oxygen atoms in total. The number of aromatic nitrogens is 2. The molecule has 0 saturated heterocycles. The van der Waals surface area contributed by atoms with Gasteiger partial charge < -0.3 is 10.5 Å². The van der Waals surface area contributed by atoms with Gasteiger partial charge in [0.05, 0.1) is 0 Å². The number of rotatable bonds is 5. The molecule has 2 aliphatic rings. The Morgan fingerprint density at radius 1 is 1.16 bits per heavy atom. The monoisotopic (exact) mass is 349 g/mol. The predicted octanol–water partition coefficient (Wildman–Crippen LogP) is 0.218. The molecule has 0 spiro atoms. The summed E-state index contributed by atoms with van der Waals surface area (Å²) in [6, 6.07) is 0. The molecule has 2 saturated carbocycles. The van der Waals surface area contributed by atoms with E-state index in [-0.39, 0.29) is 11.4 Å². The first kappa shape index (κ1) is 17.4. The van der Waals surface area contributed by atoms with Crippen LogP contribution in [-0.4, -0.2) is 27.5 Å². The molecule has 8 heteroatoms. The van der Waals surface area contributed by atoms with Crippen LogP contribution in [0.15, 0.2) is 9.59 Å². The average Bonchev–Trinajstić information content (AvgIpc) is 3.19. The van der Waals surface area contributed by atoms with Crippen LogP contribution < -0.4 is 17.0 Å². The molecule has 2 bridgehead atoms. The Labute approximate surface area is 144 Å². The molecule has 0 amide bonds. The first-order chi connectivity index (χ1) is 11.8. The molecule has 0 radical (unpaired) electrons. The van der Waals surface area contributed by atoms with Crippen molar-refractivity contribution < 1.29 is 14.3 Å². The van der Waals surface area contributed by atoms with Crippen LogP contribution in [0.1, 0.15) is 42.5 Å². The van der Waals surface area contributed by atoms with Crippen LogP contribution >= 0.6 is 0 Å². The Bertz CT molecular complexity index is 838. The van der Waals surface area contributed by atoms with E-state index < -0.39 is 29.6 Å². The van der Waals surface area contributed by atoms with Gasteiger partial charge in [-0.1, -0.05) is 6.42 Å². The highest BCUT2D eigenvalue weighted by Crippen LogP contribution is 2.49. The summed E-state index contributed by atoms with van der Waals surface area (Å²) < 4.78 is 6.89. The van der Waals surface area contributed by atoms with Crippen LogP contribution in [0.25, 0.3) is 0 Å². The Balaban J connectivity index is 1.64. The Morgan fingerprint density at radius 2 is 1.88 bits per heavy atom. The zero-order valence-electron chi connectivity index (χ0n) is 14.5. The number of esters is 1. The number of hydrogen-bond acceptors (Lipinski definition) is 6. The van der Waals surface area contributed by atoms with Gasteiger partial charge in [0.25, 0.3) is 5.56 Å². The summed E-state index contributed by atoms with van der Waals surface area (Å²) >= 11 is 0. The minimum absolute atomic E-state index is 0.220. The number of fused-ring (bicyclic) bond motifs is 2. The molecular formula is C17H23N3O5. The molecule has 0 aliphatic heterocycles. The van der Waals surface area contributed by atoms with E-state index in [9.17, 15) is 19.2 Å². The minimum atomic E-state index is -0.783. The standard InChI is InChI=1S/C17H23N3O5/c1-19-15(18)14(16(23)20(2)17(19)24)12(21)8-25-13(22)7-11-6-9-3-4-10(11)5-9/h9-11H,3-8,18H2,1-2H3/t9-,10-,11-/m1/s1. The number of carbonyl (C=O) groups is 2. The van der Waals surface area contributed by atoms with Crippen molar-refractivity contribution in [2.75, 3.05) is 12.3 Å². The summed E-state index contributed by atoms with van der Waals surface area (Å²) in [4.78, 5) is 48.2. The summed E-state index contributed by atoms with van der Waals surface area (Å²) in [6.07, 6.45) is 4.99. The van der Waals surface area contributed by atoms with Crippen LogP contribution in [0.5, 0.6) is 0 Å². The van der Waals surface area contributed by atoms with Crippen molar-refractivity contribution in [3.63, 3.8) is 0 Å². The second kappa shape index (κ2) is 6.50. The Hall–Kier alpha value is -2.38. The quantitative estimate of drug-likeness (QED) is 0.601. The van der Waals surface area contributed by atoms with Crippen LogP contribution in [-0.2, 0) is 23.6 Å². The summed E-state index contributed by atoms with van der Waals surface area (Å²) in [5.74, 6) is 0.331. The summed E-state index contributed by atoms with van der Waals surface area (Å²) in [5.41, 5.74) is 4.00. The van der Waals surface area contributed by atoms with Gasteiger partial charge in [0.1, 0.15) is 11.4 Å². The van der Waals surface area contributed by atoms with Gasteiger partial charge in [-0.2, -0.15) is 0 Å². The molecule has 2 N–H and O–H groups in total. The van der Waals surface area contributed by atoms with Crippen molar-refractivity contribution in [2.24, 2.45) is 31.8 Å². The molecule has 2 fully saturated rings. The highest BCUT2D eigenvalue weighted by Gasteiger charge is 2.40. The normalized spacial score (nSPS) is 24.5. The maximum Gasteiger partial charge on any atom is 0.332 e. The molecule has 3 rings (SSSR count).